The molecule has 30 heavy (non-hydrogen) atoms. The number of aromatic nitrogens is 1. The van der Waals surface area contributed by atoms with Crippen molar-refractivity contribution in [1.29, 1.82) is 0 Å². The average Bonchev–Trinajstić information content (AvgIpc) is 2.99. The van der Waals surface area contributed by atoms with Crippen LogP contribution in [0.1, 0.15) is 55.2 Å². The molecule has 1 aliphatic carbocycles. The fraction of sp³-hybridized carbons (Fsp3) is 0.500. The molecular weight excluding hydrogens is 408 g/mol. The zero-order valence-electron chi connectivity index (χ0n) is 17.4. The van der Waals surface area contributed by atoms with Gasteiger partial charge in [-0.05, 0) is 30.3 Å². The molecule has 1 aliphatic heterocycles. The van der Waals surface area contributed by atoms with Gasteiger partial charge in [-0.2, -0.15) is 0 Å². The molecule has 162 valence electrons. The summed E-state index contributed by atoms with van der Waals surface area (Å²) in [6.07, 6.45) is 9.43. The van der Waals surface area contributed by atoms with E-state index in [0.717, 1.165) is 19.3 Å². The smallest absolute Gasteiger partial charge is 0.341 e. The van der Waals surface area contributed by atoms with E-state index in [9.17, 15) is 14.7 Å². The van der Waals surface area contributed by atoms with Gasteiger partial charge in [0.25, 0.3) is 0 Å². The third-order valence-corrected chi connectivity index (χ3v) is 6.01. The molecule has 0 radical (unpaired) electrons. The third-order valence-electron chi connectivity index (χ3n) is 5.73. The summed E-state index contributed by atoms with van der Waals surface area (Å²) < 4.78 is 12.7. The van der Waals surface area contributed by atoms with Gasteiger partial charge in [-0.1, -0.05) is 31.5 Å². The summed E-state index contributed by atoms with van der Waals surface area (Å²) in [7, 11) is 1.64. The monoisotopic (exact) mass is 434 g/mol. The summed E-state index contributed by atoms with van der Waals surface area (Å²) in [5.74, 6) is -0.654. The number of aliphatic imine (C=N–C) groups is 1. The van der Waals surface area contributed by atoms with Crippen LogP contribution in [0, 0.1) is 11.3 Å². The molecule has 1 aromatic heterocycles. The lowest BCUT2D eigenvalue weighted by Gasteiger charge is -2.34. The first-order chi connectivity index (χ1) is 14.2. The van der Waals surface area contributed by atoms with Gasteiger partial charge in [0, 0.05) is 38.4 Å². The van der Waals surface area contributed by atoms with Crippen molar-refractivity contribution in [1.82, 2.24) is 4.57 Å². The van der Waals surface area contributed by atoms with E-state index in [1.54, 1.807) is 7.11 Å². The summed E-state index contributed by atoms with van der Waals surface area (Å²) in [6, 6.07) is 1.27. The van der Waals surface area contributed by atoms with Gasteiger partial charge in [0.2, 0.25) is 0 Å². The van der Waals surface area contributed by atoms with E-state index in [1.807, 2.05) is 10.6 Å². The maximum absolute atomic E-state index is 12.3. The highest BCUT2D eigenvalue weighted by atomic mass is 35.5. The molecule has 1 saturated carbocycles. The number of hydrogen-bond donors (Lipinski definition) is 1. The standard InChI is InChI=1S/C22H27ClN2O5/c1-22(2)8-7-14-5-6-18(30-10-4-9-29-3)20(23)24-12-15-11-17(26)16(21(27)28)13-25(15)19(14)22/h5-6,11-14,19H,4,7-10H2,1-3H3,(H,27,28)/t14-,19-/m0/s1. The second kappa shape index (κ2) is 9.18. The fourth-order valence-electron chi connectivity index (χ4n) is 4.24. The van der Waals surface area contributed by atoms with Crippen LogP contribution in [0.4, 0.5) is 0 Å². The molecule has 1 fully saturated rings. The zero-order chi connectivity index (χ0) is 21.9. The number of carboxylic acid groups (broad SMARTS) is 1. The van der Waals surface area contributed by atoms with E-state index in [0.29, 0.717) is 24.7 Å². The molecule has 1 aromatic rings. The number of nitrogens with zero attached hydrogens (tertiary/aromatic N) is 2. The van der Waals surface area contributed by atoms with Crippen molar-refractivity contribution in [3.05, 3.63) is 56.8 Å². The van der Waals surface area contributed by atoms with Gasteiger partial charge in [-0.3, -0.25) is 4.79 Å². The van der Waals surface area contributed by atoms with E-state index in [-0.39, 0.29) is 28.1 Å². The molecule has 8 heteroatoms. The first-order valence-electron chi connectivity index (χ1n) is 9.98. The van der Waals surface area contributed by atoms with Crippen LogP contribution in [0.15, 0.2) is 45.1 Å². The number of allylic oxidation sites excluding steroid dienone is 2. The van der Waals surface area contributed by atoms with E-state index < -0.39 is 11.4 Å². The third kappa shape index (κ3) is 4.68. The molecular formula is C22H27ClN2O5. The van der Waals surface area contributed by atoms with Gasteiger partial charge in [0.1, 0.15) is 5.56 Å². The predicted molar refractivity (Wildman–Crippen MR) is 115 cm³/mol. The number of hydrogen-bond acceptors (Lipinski definition) is 5. The maximum atomic E-state index is 12.3. The molecule has 0 aromatic carbocycles. The van der Waals surface area contributed by atoms with Crippen LogP contribution in [-0.2, 0) is 9.47 Å². The largest absolute Gasteiger partial charge is 0.490 e. The van der Waals surface area contributed by atoms with Gasteiger partial charge in [-0.15, -0.1) is 0 Å². The molecule has 0 spiro atoms. The molecule has 0 unspecified atom stereocenters. The van der Waals surface area contributed by atoms with Gasteiger partial charge >= 0.3 is 5.97 Å². The van der Waals surface area contributed by atoms with Gasteiger partial charge < -0.3 is 19.1 Å². The Bertz CT molecular complexity index is 961. The van der Waals surface area contributed by atoms with Gasteiger partial charge in [-0.25, -0.2) is 9.79 Å². The number of rotatable bonds is 6. The summed E-state index contributed by atoms with van der Waals surface area (Å²) in [5, 5.41) is 9.61. The maximum Gasteiger partial charge on any atom is 0.341 e. The molecule has 1 N–H and O–H groups in total. The van der Waals surface area contributed by atoms with Crippen molar-refractivity contribution in [2.24, 2.45) is 16.3 Å². The Kier molecular flexibility index (Phi) is 6.83. The Labute approximate surface area is 180 Å². The molecule has 2 heterocycles. The highest BCUT2D eigenvalue weighted by Gasteiger charge is 2.42. The van der Waals surface area contributed by atoms with Crippen molar-refractivity contribution < 1.29 is 19.4 Å². The second-order valence-corrected chi connectivity index (χ2v) is 8.65. The first kappa shape index (κ1) is 22.3. The number of ether oxygens (including phenoxy) is 2. The van der Waals surface area contributed by atoms with Crippen LogP contribution in [0.2, 0.25) is 0 Å². The average molecular weight is 435 g/mol. The fourth-order valence-corrected chi connectivity index (χ4v) is 4.40. The van der Waals surface area contributed by atoms with Crippen LogP contribution < -0.4 is 5.43 Å². The number of carboxylic acids is 1. The molecule has 0 bridgehead atoms. The minimum Gasteiger partial charge on any atom is -0.490 e. The lowest BCUT2D eigenvalue weighted by molar-refractivity contribution is 0.0693. The lowest BCUT2D eigenvalue weighted by atomic mass is 9.84. The second-order valence-electron chi connectivity index (χ2n) is 8.29. The van der Waals surface area contributed by atoms with Crippen molar-refractivity contribution in [2.75, 3.05) is 20.3 Å². The van der Waals surface area contributed by atoms with Crippen LogP contribution >= 0.6 is 11.6 Å². The number of carbonyl (C=O) groups is 1. The molecule has 2 atom stereocenters. The number of methoxy groups -OCH3 is 1. The Balaban J connectivity index is 2.10. The first-order valence-corrected chi connectivity index (χ1v) is 10.4. The van der Waals surface area contributed by atoms with Gasteiger partial charge in [0.15, 0.2) is 16.3 Å². The predicted octanol–water partition coefficient (Wildman–Crippen LogP) is 3.97. The van der Waals surface area contributed by atoms with E-state index in [4.69, 9.17) is 21.1 Å². The molecule has 7 nitrogen and oxygen atoms in total. The van der Waals surface area contributed by atoms with E-state index in [2.05, 4.69) is 24.9 Å². The van der Waals surface area contributed by atoms with Crippen LogP contribution in [0.3, 0.4) is 0 Å². The zero-order valence-corrected chi connectivity index (χ0v) is 18.2. The van der Waals surface area contributed by atoms with Gasteiger partial charge in [0.05, 0.1) is 18.5 Å². The van der Waals surface area contributed by atoms with Crippen LogP contribution in [-0.4, -0.2) is 42.2 Å². The highest BCUT2D eigenvalue weighted by Crippen LogP contribution is 2.50. The van der Waals surface area contributed by atoms with Crippen LogP contribution in [0.5, 0.6) is 0 Å². The minimum absolute atomic E-state index is 0.0412. The number of pyridine rings is 1. The summed E-state index contributed by atoms with van der Waals surface area (Å²) >= 11 is 6.38. The summed E-state index contributed by atoms with van der Waals surface area (Å²) in [6.45, 7) is 5.33. The Morgan fingerprint density at radius 1 is 1.40 bits per heavy atom. The van der Waals surface area contributed by atoms with E-state index >= 15 is 0 Å². The molecule has 0 saturated heterocycles. The number of halogens is 1. The SMILES string of the molecule is COCCCOC1=C(Cl)N=Cc2cc(=O)c(C(=O)O)cn2[C@H]2[C@@H](C=C1)CCC2(C)C. The van der Waals surface area contributed by atoms with Crippen molar-refractivity contribution >= 4 is 23.8 Å². The molecule has 3 rings (SSSR count). The Hall–Kier alpha value is -2.38. The summed E-state index contributed by atoms with van der Waals surface area (Å²) in [5.41, 5.74) is -0.397. The normalized spacial score (nSPS) is 22.5. The number of fused-ring (bicyclic) bond motifs is 3. The van der Waals surface area contributed by atoms with Crippen molar-refractivity contribution in [2.45, 2.75) is 39.2 Å². The Morgan fingerprint density at radius 3 is 2.87 bits per heavy atom. The summed E-state index contributed by atoms with van der Waals surface area (Å²) in [4.78, 5) is 28.2. The Morgan fingerprint density at radius 2 is 2.17 bits per heavy atom. The lowest BCUT2D eigenvalue weighted by Crippen LogP contribution is -2.30. The van der Waals surface area contributed by atoms with E-state index in [1.165, 1.54) is 18.5 Å². The van der Waals surface area contributed by atoms with Crippen molar-refractivity contribution in [3.8, 4) is 0 Å². The quantitative estimate of drug-likeness (QED) is 0.540. The minimum atomic E-state index is -1.24. The van der Waals surface area contributed by atoms with Crippen LogP contribution in [0.25, 0.3) is 0 Å². The molecule has 2 aliphatic rings. The molecule has 0 amide bonds. The number of aromatic carboxylic acids is 1. The topological polar surface area (TPSA) is 90.1 Å². The highest BCUT2D eigenvalue weighted by molar-refractivity contribution is 6.30. The van der Waals surface area contributed by atoms with Crippen molar-refractivity contribution in [3.63, 3.8) is 0 Å².